The smallest absolute Gasteiger partial charge is 0.255 e. The van der Waals surface area contributed by atoms with Crippen molar-refractivity contribution in [3.8, 4) is 5.75 Å². The van der Waals surface area contributed by atoms with E-state index < -0.39 is 0 Å². The van der Waals surface area contributed by atoms with Crippen LogP contribution < -0.4 is 10.1 Å². The third kappa shape index (κ3) is 3.86. The molecule has 2 rings (SSSR count). The molecule has 104 valence electrons. The van der Waals surface area contributed by atoms with Gasteiger partial charge in [0.25, 0.3) is 5.91 Å². The van der Waals surface area contributed by atoms with E-state index in [1.54, 1.807) is 19.2 Å². The Hall–Kier alpha value is -0.740. The zero-order valence-corrected chi connectivity index (χ0v) is 13.1. The van der Waals surface area contributed by atoms with Crippen LogP contribution in [-0.4, -0.2) is 24.9 Å². The molecule has 1 fully saturated rings. The molecule has 1 aromatic rings. The van der Waals surface area contributed by atoms with E-state index in [2.05, 4.69) is 21.2 Å². The number of amides is 1. The van der Waals surface area contributed by atoms with Gasteiger partial charge in [-0.2, -0.15) is 0 Å². The number of halogens is 2. The normalized spacial score (nSPS) is 22.3. The molecule has 0 heterocycles. The standard InChI is InChI=1S/C14H17BrClNO2/c1-19-13-7-10(15)3-5-12(13)14(18)17-8-9-2-4-11(16)6-9/h3,5,7,9,11H,2,4,6,8H2,1H3,(H,17,18). The number of carbonyl (C=O) groups excluding carboxylic acids is 1. The van der Waals surface area contributed by atoms with Crippen molar-refractivity contribution in [1.82, 2.24) is 5.32 Å². The molecule has 19 heavy (non-hydrogen) atoms. The molecule has 0 aromatic heterocycles. The molecule has 0 spiro atoms. The minimum absolute atomic E-state index is 0.0950. The van der Waals surface area contributed by atoms with E-state index in [1.807, 2.05) is 6.07 Å². The summed E-state index contributed by atoms with van der Waals surface area (Å²) in [7, 11) is 1.56. The Labute approximate surface area is 126 Å². The highest BCUT2D eigenvalue weighted by Gasteiger charge is 2.23. The summed E-state index contributed by atoms with van der Waals surface area (Å²) in [5.74, 6) is 0.976. The fourth-order valence-electron chi connectivity index (χ4n) is 2.38. The van der Waals surface area contributed by atoms with E-state index in [-0.39, 0.29) is 11.3 Å². The first-order valence-electron chi connectivity index (χ1n) is 6.36. The Morgan fingerprint density at radius 1 is 1.53 bits per heavy atom. The molecule has 1 N–H and O–H groups in total. The molecule has 1 saturated carbocycles. The second-order valence-electron chi connectivity index (χ2n) is 4.83. The number of carbonyl (C=O) groups is 1. The molecule has 0 bridgehead atoms. The molecule has 2 unspecified atom stereocenters. The van der Waals surface area contributed by atoms with Crippen LogP contribution in [0.15, 0.2) is 22.7 Å². The first kappa shape index (κ1) is 14.7. The van der Waals surface area contributed by atoms with Gasteiger partial charge in [-0.25, -0.2) is 0 Å². The summed E-state index contributed by atoms with van der Waals surface area (Å²) >= 11 is 9.43. The monoisotopic (exact) mass is 345 g/mol. The van der Waals surface area contributed by atoms with Crippen LogP contribution in [0.2, 0.25) is 0 Å². The third-order valence-corrected chi connectivity index (χ3v) is 4.33. The highest BCUT2D eigenvalue weighted by atomic mass is 79.9. The summed E-state index contributed by atoms with van der Waals surface area (Å²) in [6.07, 6.45) is 3.12. The van der Waals surface area contributed by atoms with Crippen LogP contribution in [0.4, 0.5) is 0 Å². The topological polar surface area (TPSA) is 38.3 Å². The lowest BCUT2D eigenvalue weighted by atomic mass is 10.1. The molecule has 2 atom stereocenters. The second-order valence-corrected chi connectivity index (χ2v) is 6.36. The van der Waals surface area contributed by atoms with E-state index in [9.17, 15) is 4.79 Å². The van der Waals surface area contributed by atoms with Crippen molar-refractivity contribution in [2.45, 2.75) is 24.6 Å². The van der Waals surface area contributed by atoms with Crippen LogP contribution in [-0.2, 0) is 0 Å². The zero-order valence-electron chi connectivity index (χ0n) is 10.8. The van der Waals surface area contributed by atoms with Crippen molar-refractivity contribution in [1.29, 1.82) is 0 Å². The highest BCUT2D eigenvalue weighted by molar-refractivity contribution is 9.10. The third-order valence-electron chi connectivity index (χ3n) is 3.44. The molecule has 0 saturated heterocycles. The van der Waals surface area contributed by atoms with E-state index in [1.165, 1.54) is 0 Å². The van der Waals surface area contributed by atoms with Gasteiger partial charge in [-0.1, -0.05) is 15.9 Å². The number of hydrogen-bond donors (Lipinski definition) is 1. The van der Waals surface area contributed by atoms with Gasteiger partial charge in [-0.05, 0) is 43.4 Å². The van der Waals surface area contributed by atoms with Crippen LogP contribution in [0.1, 0.15) is 29.6 Å². The first-order chi connectivity index (χ1) is 9.10. The molecule has 1 aliphatic carbocycles. The summed E-state index contributed by atoms with van der Waals surface area (Å²) in [6.45, 7) is 0.682. The molecule has 0 radical (unpaired) electrons. The van der Waals surface area contributed by atoms with E-state index in [0.717, 1.165) is 23.7 Å². The second kappa shape index (κ2) is 6.62. The Bertz CT molecular complexity index is 467. The van der Waals surface area contributed by atoms with Gasteiger partial charge >= 0.3 is 0 Å². The maximum atomic E-state index is 12.1. The SMILES string of the molecule is COc1cc(Br)ccc1C(=O)NCC1CCC(Cl)C1. The first-order valence-corrected chi connectivity index (χ1v) is 7.59. The Kier molecular flexibility index (Phi) is 5.11. The number of rotatable bonds is 4. The van der Waals surface area contributed by atoms with Gasteiger partial charge in [-0.15, -0.1) is 11.6 Å². The minimum Gasteiger partial charge on any atom is -0.496 e. The molecular weight excluding hydrogens is 330 g/mol. The summed E-state index contributed by atoms with van der Waals surface area (Å²) < 4.78 is 6.11. The predicted molar refractivity (Wildman–Crippen MR) is 80.0 cm³/mol. The van der Waals surface area contributed by atoms with Gasteiger partial charge in [0.2, 0.25) is 0 Å². The van der Waals surface area contributed by atoms with Crippen molar-refractivity contribution in [2.75, 3.05) is 13.7 Å². The number of ether oxygens (including phenoxy) is 1. The summed E-state index contributed by atoms with van der Waals surface area (Å²) in [5, 5.41) is 3.23. The van der Waals surface area contributed by atoms with Crippen molar-refractivity contribution < 1.29 is 9.53 Å². The maximum absolute atomic E-state index is 12.1. The van der Waals surface area contributed by atoms with Crippen molar-refractivity contribution in [3.63, 3.8) is 0 Å². The molecule has 0 aliphatic heterocycles. The fraction of sp³-hybridized carbons (Fsp3) is 0.500. The van der Waals surface area contributed by atoms with Crippen molar-refractivity contribution in [3.05, 3.63) is 28.2 Å². The van der Waals surface area contributed by atoms with Gasteiger partial charge in [-0.3, -0.25) is 4.79 Å². The van der Waals surface area contributed by atoms with Gasteiger partial charge in [0, 0.05) is 16.4 Å². The number of hydrogen-bond acceptors (Lipinski definition) is 2. The molecule has 3 nitrogen and oxygen atoms in total. The van der Waals surface area contributed by atoms with Gasteiger partial charge in [0.05, 0.1) is 12.7 Å². The van der Waals surface area contributed by atoms with Gasteiger partial charge in [0.1, 0.15) is 5.75 Å². The Morgan fingerprint density at radius 2 is 2.32 bits per heavy atom. The Balaban J connectivity index is 1.96. The lowest BCUT2D eigenvalue weighted by Gasteiger charge is -2.13. The number of benzene rings is 1. The maximum Gasteiger partial charge on any atom is 0.255 e. The number of alkyl halides is 1. The Morgan fingerprint density at radius 3 is 2.95 bits per heavy atom. The molecule has 1 aromatic carbocycles. The van der Waals surface area contributed by atoms with Crippen LogP contribution in [0.25, 0.3) is 0 Å². The fourth-order valence-corrected chi connectivity index (χ4v) is 3.10. The summed E-state index contributed by atoms with van der Waals surface area (Å²) in [4.78, 5) is 12.1. The average Bonchev–Trinajstić information content (AvgIpc) is 2.81. The number of nitrogens with one attached hydrogen (secondary N) is 1. The largest absolute Gasteiger partial charge is 0.496 e. The lowest BCUT2D eigenvalue weighted by Crippen LogP contribution is -2.28. The van der Waals surface area contributed by atoms with Gasteiger partial charge < -0.3 is 10.1 Å². The number of methoxy groups -OCH3 is 1. The quantitative estimate of drug-likeness (QED) is 0.846. The van der Waals surface area contributed by atoms with E-state index in [4.69, 9.17) is 16.3 Å². The molecular formula is C14H17BrClNO2. The van der Waals surface area contributed by atoms with Crippen molar-refractivity contribution >= 4 is 33.4 Å². The van der Waals surface area contributed by atoms with Crippen LogP contribution in [0.5, 0.6) is 5.75 Å². The van der Waals surface area contributed by atoms with E-state index in [0.29, 0.717) is 23.8 Å². The molecule has 1 aliphatic rings. The highest BCUT2D eigenvalue weighted by Crippen LogP contribution is 2.29. The van der Waals surface area contributed by atoms with E-state index >= 15 is 0 Å². The van der Waals surface area contributed by atoms with Gasteiger partial charge in [0.15, 0.2) is 0 Å². The zero-order chi connectivity index (χ0) is 13.8. The predicted octanol–water partition coefficient (Wildman–Crippen LogP) is 3.60. The molecule has 5 heteroatoms. The summed E-state index contributed by atoms with van der Waals surface area (Å²) in [5.41, 5.74) is 0.561. The summed E-state index contributed by atoms with van der Waals surface area (Å²) in [6, 6.07) is 5.39. The minimum atomic E-state index is -0.0950. The van der Waals surface area contributed by atoms with Crippen molar-refractivity contribution in [2.24, 2.45) is 5.92 Å². The molecule has 1 amide bonds. The van der Waals surface area contributed by atoms with Crippen LogP contribution in [0, 0.1) is 5.92 Å². The average molecular weight is 347 g/mol. The lowest BCUT2D eigenvalue weighted by molar-refractivity contribution is 0.0944. The van der Waals surface area contributed by atoms with Crippen LogP contribution >= 0.6 is 27.5 Å². The van der Waals surface area contributed by atoms with Crippen LogP contribution in [0.3, 0.4) is 0 Å².